The smallest absolute Gasteiger partial charge is 0.124 e. The third kappa shape index (κ3) is 2.60. The van der Waals surface area contributed by atoms with Crippen LogP contribution in [0.1, 0.15) is 11.7 Å². The van der Waals surface area contributed by atoms with Crippen molar-refractivity contribution in [3.05, 3.63) is 36.4 Å². The average molecular weight is 249 g/mol. The van der Waals surface area contributed by atoms with E-state index in [4.69, 9.17) is 9.47 Å². The third-order valence-corrected chi connectivity index (χ3v) is 2.65. The summed E-state index contributed by atoms with van der Waals surface area (Å²) in [5.41, 5.74) is 0.672. The highest BCUT2D eigenvalue weighted by Crippen LogP contribution is 2.30. The SMILES string of the molecule is COc1ccc(OC)c(C(O)Cn2cnnc2)c1. The van der Waals surface area contributed by atoms with Gasteiger partial charge in [-0.1, -0.05) is 0 Å². The second-order valence-corrected chi connectivity index (χ2v) is 3.78. The first-order valence-electron chi connectivity index (χ1n) is 5.47. The highest BCUT2D eigenvalue weighted by Gasteiger charge is 2.15. The van der Waals surface area contributed by atoms with Crippen LogP contribution in [0.25, 0.3) is 0 Å². The lowest BCUT2D eigenvalue weighted by atomic mass is 10.1. The Morgan fingerprint density at radius 1 is 1.22 bits per heavy atom. The van der Waals surface area contributed by atoms with E-state index in [1.165, 1.54) is 0 Å². The summed E-state index contributed by atoms with van der Waals surface area (Å²) in [5.74, 6) is 1.30. The molecule has 0 amide bonds. The molecule has 2 aromatic rings. The predicted molar refractivity (Wildman–Crippen MR) is 64.5 cm³/mol. The first-order valence-corrected chi connectivity index (χ1v) is 5.47. The van der Waals surface area contributed by atoms with Gasteiger partial charge in [-0.15, -0.1) is 10.2 Å². The summed E-state index contributed by atoms with van der Waals surface area (Å²) in [6.45, 7) is 0.358. The molecule has 0 fully saturated rings. The number of aliphatic hydroxyl groups is 1. The van der Waals surface area contributed by atoms with Crippen LogP contribution in [-0.2, 0) is 6.54 Å². The maximum Gasteiger partial charge on any atom is 0.124 e. The first-order chi connectivity index (χ1) is 8.74. The van der Waals surface area contributed by atoms with Gasteiger partial charge in [0.05, 0.1) is 20.8 Å². The lowest BCUT2D eigenvalue weighted by Gasteiger charge is -2.16. The Labute approximate surface area is 105 Å². The molecule has 0 aliphatic carbocycles. The molecule has 1 unspecified atom stereocenters. The Bertz CT molecular complexity index is 499. The molecule has 1 aromatic heterocycles. The van der Waals surface area contributed by atoms with Crippen LogP contribution >= 0.6 is 0 Å². The molecule has 0 saturated heterocycles. The summed E-state index contributed by atoms with van der Waals surface area (Å²) in [5, 5.41) is 17.6. The molecule has 6 heteroatoms. The number of aromatic nitrogens is 3. The van der Waals surface area contributed by atoms with Gasteiger partial charge >= 0.3 is 0 Å². The van der Waals surface area contributed by atoms with E-state index in [-0.39, 0.29) is 0 Å². The van der Waals surface area contributed by atoms with Crippen LogP contribution in [0.3, 0.4) is 0 Å². The zero-order chi connectivity index (χ0) is 13.0. The van der Waals surface area contributed by atoms with Crippen LogP contribution in [0.2, 0.25) is 0 Å². The molecule has 18 heavy (non-hydrogen) atoms. The van der Waals surface area contributed by atoms with Gasteiger partial charge in [-0.3, -0.25) is 0 Å². The summed E-state index contributed by atoms with van der Waals surface area (Å²) < 4.78 is 12.1. The first kappa shape index (κ1) is 12.4. The molecule has 1 atom stereocenters. The van der Waals surface area contributed by atoms with E-state index < -0.39 is 6.10 Å². The summed E-state index contributed by atoms with van der Waals surface area (Å²) >= 11 is 0. The minimum absolute atomic E-state index is 0.358. The monoisotopic (exact) mass is 249 g/mol. The molecule has 1 N–H and O–H groups in total. The zero-order valence-electron chi connectivity index (χ0n) is 10.3. The molecular formula is C12H15N3O3. The van der Waals surface area contributed by atoms with E-state index in [1.807, 2.05) is 0 Å². The van der Waals surface area contributed by atoms with Gasteiger partial charge < -0.3 is 19.1 Å². The molecule has 1 heterocycles. The minimum Gasteiger partial charge on any atom is -0.497 e. The van der Waals surface area contributed by atoms with Crippen molar-refractivity contribution in [3.8, 4) is 11.5 Å². The highest BCUT2D eigenvalue weighted by atomic mass is 16.5. The molecule has 96 valence electrons. The van der Waals surface area contributed by atoms with Gasteiger partial charge in [0.2, 0.25) is 0 Å². The lowest BCUT2D eigenvalue weighted by Crippen LogP contribution is -2.08. The summed E-state index contributed by atoms with van der Waals surface area (Å²) in [6, 6.07) is 5.31. The van der Waals surface area contributed by atoms with Crippen LogP contribution in [-0.4, -0.2) is 34.1 Å². The molecule has 1 aromatic carbocycles. The standard InChI is InChI=1S/C12H15N3O3/c1-17-9-3-4-12(18-2)10(5-9)11(16)6-15-7-13-14-8-15/h3-5,7-8,11,16H,6H2,1-2H3. The number of hydrogen-bond donors (Lipinski definition) is 1. The van der Waals surface area contributed by atoms with Crippen molar-refractivity contribution in [2.24, 2.45) is 0 Å². The van der Waals surface area contributed by atoms with Crippen molar-refractivity contribution in [1.82, 2.24) is 14.8 Å². The van der Waals surface area contributed by atoms with Crippen LogP contribution < -0.4 is 9.47 Å². The maximum atomic E-state index is 10.2. The number of methoxy groups -OCH3 is 2. The van der Waals surface area contributed by atoms with Crippen molar-refractivity contribution in [1.29, 1.82) is 0 Å². The fourth-order valence-electron chi connectivity index (χ4n) is 1.71. The predicted octanol–water partition coefficient (Wildman–Crippen LogP) is 1.03. The molecular weight excluding hydrogens is 234 g/mol. The van der Waals surface area contributed by atoms with Crippen LogP contribution in [0.5, 0.6) is 11.5 Å². The van der Waals surface area contributed by atoms with Gasteiger partial charge in [-0.05, 0) is 18.2 Å². The van der Waals surface area contributed by atoms with Gasteiger partial charge in [-0.25, -0.2) is 0 Å². The fourth-order valence-corrected chi connectivity index (χ4v) is 1.71. The molecule has 0 aliphatic rings. The lowest BCUT2D eigenvalue weighted by molar-refractivity contribution is 0.152. The van der Waals surface area contributed by atoms with Crippen molar-refractivity contribution in [2.75, 3.05) is 14.2 Å². The van der Waals surface area contributed by atoms with E-state index in [9.17, 15) is 5.11 Å². The number of rotatable bonds is 5. The van der Waals surface area contributed by atoms with Gasteiger partial charge in [0, 0.05) is 5.56 Å². The summed E-state index contributed by atoms with van der Waals surface area (Å²) in [4.78, 5) is 0. The average Bonchev–Trinajstić information content (AvgIpc) is 2.90. The number of nitrogens with zero attached hydrogens (tertiary/aromatic N) is 3. The topological polar surface area (TPSA) is 69.4 Å². The molecule has 0 saturated carbocycles. The molecule has 6 nitrogen and oxygen atoms in total. The van der Waals surface area contributed by atoms with E-state index in [1.54, 1.807) is 49.6 Å². The van der Waals surface area contributed by atoms with Gasteiger partial charge in [-0.2, -0.15) is 0 Å². The number of ether oxygens (including phenoxy) is 2. The number of aliphatic hydroxyl groups excluding tert-OH is 1. The normalized spacial score (nSPS) is 12.2. The third-order valence-electron chi connectivity index (χ3n) is 2.65. The summed E-state index contributed by atoms with van der Waals surface area (Å²) in [6.07, 6.45) is 2.39. The van der Waals surface area contributed by atoms with Crippen LogP contribution in [0, 0.1) is 0 Å². The molecule has 0 radical (unpaired) electrons. The van der Waals surface area contributed by atoms with Crippen molar-refractivity contribution < 1.29 is 14.6 Å². The second kappa shape index (κ2) is 5.50. The molecule has 0 spiro atoms. The molecule has 0 aliphatic heterocycles. The Balaban J connectivity index is 2.24. The van der Waals surface area contributed by atoms with Crippen LogP contribution in [0.15, 0.2) is 30.9 Å². The van der Waals surface area contributed by atoms with Crippen molar-refractivity contribution in [3.63, 3.8) is 0 Å². The Morgan fingerprint density at radius 2 is 1.94 bits per heavy atom. The maximum absolute atomic E-state index is 10.2. The van der Waals surface area contributed by atoms with Crippen LogP contribution in [0.4, 0.5) is 0 Å². The number of hydrogen-bond acceptors (Lipinski definition) is 5. The summed E-state index contributed by atoms with van der Waals surface area (Å²) in [7, 11) is 3.15. The molecule has 2 rings (SSSR count). The number of benzene rings is 1. The molecule has 0 bridgehead atoms. The minimum atomic E-state index is -0.717. The zero-order valence-corrected chi connectivity index (χ0v) is 10.3. The van der Waals surface area contributed by atoms with E-state index in [2.05, 4.69) is 10.2 Å². The van der Waals surface area contributed by atoms with E-state index in [0.29, 0.717) is 23.6 Å². The van der Waals surface area contributed by atoms with Gasteiger partial charge in [0.25, 0.3) is 0 Å². The Hall–Kier alpha value is -2.08. The quantitative estimate of drug-likeness (QED) is 0.857. The van der Waals surface area contributed by atoms with E-state index in [0.717, 1.165) is 0 Å². The van der Waals surface area contributed by atoms with Gasteiger partial charge in [0.15, 0.2) is 0 Å². The van der Waals surface area contributed by atoms with Crippen molar-refractivity contribution in [2.45, 2.75) is 12.6 Å². The second-order valence-electron chi connectivity index (χ2n) is 3.78. The highest BCUT2D eigenvalue weighted by molar-refractivity contribution is 5.41. The van der Waals surface area contributed by atoms with E-state index >= 15 is 0 Å². The Kier molecular flexibility index (Phi) is 3.78. The van der Waals surface area contributed by atoms with Gasteiger partial charge in [0.1, 0.15) is 30.3 Å². The fraction of sp³-hybridized carbons (Fsp3) is 0.333. The Morgan fingerprint density at radius 3 is 2.56 bits per heavy atom. The largest absolute Gasteiger partial charge is 0.497 e. The van der Waals surface area contributed by atoms with Crippen molar-refractivity contribution >= 4 is 0 Å².